The molecule has 7 heteroatoms. The molecule has 0 N–H and O–H groups in total. The second-order valence-electron chi connectivity index (χ2n) is 3.83. The van der Waals surface area contributed by atoms with Crippen LogP contribution in [0.15, 0.2) is 12.1 Å². The number of ketones is 1. The highest BCUT2D eigenvalue weighted by Gasteiger charge is 2.17. The van der Waals surface area contributed by atoms with Crippen molar-refractivity contribution in [3.8, 4) is 11.5 Å². The molecule has 0 aliphatic heterocycles. The molecule has 0 radical (unpaired) electrons. The van der Waals surface area contributed by atoms with Gasteiger partial charge < -0.3 is 14.2 Å². The Morgan fingerprint density at radius 2 is 1.80 bits per heavy atom. The highest BCUT2D eigenvalue weighted by molar-refractivity contribution is 5.97. The number of halogens is 3. The Morgan fingerprint density at radius 3 is 2.35 bits per heavy atom. The van der Waals surface area contributed by atoms with E-state index in [1.807, 2.05) is 0 Å². The fourth-order valence-electron chi connectivity index (χ4n) is 1.54. The molecule has 0 fully saturated rings. The van der Waals surface area contributed by atoms with Crippen LogP contribution in [-0.4, -0.2) is 39.6 Å². The van der Waals surface area contributed by atoms with Gasteiger partial charge in [-0.3, -0.25) is 4.79 Å². The van der Waals surface area contributed by atoms with E-state index in [9.17, 15) is 18.0 Å². The largest absolute Gasteiger partial charge is 0.493 e. The summed E-state index contributed by atoms with van der Waals surface area (Å²) in [7, 11) is 2.70. The van der Waals surface area contributed by atoms with Crippen LogP contribution in [0.5, 0.6) is 11.5 Å². The van der Waals surface area contributed by atoms with Gasteiger partial charge in [-0.15, -0.1) is 0 Å². The molecule has 0 aliphatic carbocycles. The lowest BCUT2D eigenvalue weighted by Gasteiger charge is -2.10. The van der Waals surface area contributed by atoms with Gasteiger partial charge in [-0.2, -0.15) is 0 Å². The van der Waals surface area contributed by atoms with Crippen molar-refractivity contribution in [1.82, 2.24) is 0 Å². The maximum atomic E-state index is 13.7. The lowest BCUT2D eigenvalue weighted by atomic mass is 10.1. The molecule has 0 amide bonds. The van der Waals surface area contributed by atoms with Crippen molar-refractivity contribution in [2.24, 2.45) is 0 Å². The molecule has 1 rings (SSSR count). The fraction of sp³-hybridized carbons (Fsp3) is 0.462. The smallest absolute Gasteiger partial charge is 0.261 e. The average Bonchev–Trinajstić information content (AvgIpc) is 2.42. The quantitative estimate of drug-likeness (QED) is 0.546. The number of benzene rings is 1. The summed E-state index contributed by atoms with van der Waals surface area (Å²) in [5, 5.41) is 0. The summed E-state index contributed by atoms with van der Waals surface area (Å²) < 4.78 is 51.8. The van der Waals surface area contributed by atoms with Gasteiger partial charge in [0.05, 0.1) is 26.4 Å². The van der Waals surface area contributed by atoms with Gasteiger partial charge in [-0.05, 0) is 6.07 Å². The first kappa shape index (κ1) is 16.3. The summed E-state index contributed by atoms with van der Waals surface area (Å²) in [6.07, 6.45) is -2.79. The molecule has 4 nitrogen and oxygen atoms in total. The third-order valence-corrected chi connectivity index (χ3v) is 2.49. The van der Waals surface area contributed by atoms with E-state index in [1.165, 1.54) is 20.3 Å². The Bertz CT molecular complexity index is 463. The molecule has 0 unspecified atom stereocenters. The first-order valence-corrected chi connectivity index (χ1v) is 5.80. The van der Waals surface area contributed by atoms with Crippen LogP contribution in [0.1, 0.15) is 16.8 Å². The van der Waals surface area contributed by atoms with Gasteiger partial charge in [0.15, 0.2) is 17.3 Å². The molecule has 0 atom stereocenters. The monoisotopic (exact) mass is 292 g/mol. The Labute approximate surface area is 114 Å². The van der Waals surface area contributed by atoms with E-state index in [0.29, 0.717) is 0 Å². The Morgan fingerprint density at radius 1 is 1.20 bits per heavy atom. The van der Waals surface area contributed by atoms with Crippen LogP contribution >= 0.6 is 0 Å². The summed E-state index contributed by atoms with van der Waals surface area (Å²) >= 11 is 0. The van der Waals surface area contributed by atoms with E-state index in [2.05, 4.69) is 4.74 Å². The van der Waals surface area contributed by atoms with Crippen molar-refractivity contribution in [2.45, 2.75) is 12.8 Å². The van der Waals surface area contributed by atoms with Crippen LogP contribution in [0.25, 0.3) is 0 Å². The minimum atomic E-state index is -2.59. The number of alkyl halides is 2. The van der Waals surface area contributed by atoms with Crippen molar-refractivity contribution in [2.75, 3.05) is 27.4 Å². The van der Waals surface area contributed by atoms with Crippen LogP contribution in [-0.2, 0) is 4.74 Å². The van der Waals surface area contributed by atoms with Crippen LogP contribution in [0.3, 0.4) is 0 Å². The summed E-state index contributed by atoms with van der Waals surface area (Å²) in [5.74, 6) is -0.944. The number of methoxy groups -OCH3 is 2. The lowest BCUT2D eigenvalue weighted by molar-refractivity contribution is 0.0169. The second-order valence-corrected chi connectivity index (χ2v) is 3.83. The standard InChI is InChI=1S/C13H15F3O4/c1-18-11-5-8(9(14)6-12(11)19-2)10(17)3-4-20-7-13(15)16/h5-6,13H,3-4,7H2,1-2H3. The van der Waals surface area contributed by atoms with E-state index in [4.69, 9.17) is 9.47 Å². The maximum Gasteiger partial charge on any atom is 0.261 e. The average molecular weight is 292 g/mol. The molecule has 0 bridgehead atoms. The topological polar surface area (TPSA) is 44.8 Å². The van der Waals surface area contributed by atoms with E-state index in [-0.39, 0.29) is 30.1 Å². The van der Waals surface area contributed by atoms with Gasteiger partial charge in [-0.25, -0.2) is 13.2 Å². The van der Waals surface area contributed by atoms with Crippen LogP contribution in [0, 0.1) is 5.82 Å². The van der Waals surface area contributed by atoms with Crippen LogP contribution in [0.2, 0.25) is 0 Å². The Hall–Kier alpha value is -1.76. The molecule has 1 aromatic carbocycles. The first-order valence-electron chi connectivity index (χ1n) is 5.80. The molecule has 1 aromatic rings. The fourth-order valence-corrected chi connectivity index (χ4v) is 1.54. The van der Waals surface area contributed by atoms with E-state index >= 15 is 0 Å². The molecule has 0 saturated carbocycles. The first-order chi connectivity index (χ1) is 9.49. The normalized spacial score (nSPS) is 10.7. The van der Waals surface area contributed by atoms with Crippen LogP contribution in [0.4, 0.5) is 13.2 Å². The lowest BCUT2D eigenvalue weighted by Crippen LogP contribution is -2.11. The van der Waals surface area contributed by atoms with Gasteiger partial charge in [0, 0.05) is 12.5 Å². The molecule has 20 heavy (non-hydrogen) atoms. The number of carbonyl (C=O) groups excluding carboxylic acids is 1. The van der Waals surface area contributed by atoms with Gasteiger partial charge >= 0.3 is 0 Å². The van der Waals surface area contributed by atoms with Crippen molar-refractivity contribution < 1.29 is 32.2 Å². The summed E-state index contributed by atoms with van der Waals surface area (Å²) in [6, 6.07) is 2.25. The van der Waals surface area contributed by atoms with Crippen molar-refractivity contribution in [3.63, 3.8) is 0 Å². The maximum absolute atomic E-state index is 13.7. The van der Waals surface area contributed by atoms with Gasteiger partial charge in [0.25, 0.3) is 6.43 Å². The number of carbonyl (C=O) groups is 1. The predicted octanol–water partition coefficient (Wildman–Crippen LogP) is 2.70. The highest BCUT2D eigenvalue weighted by Crippen LogP contribution is 2.30. The van der Waals surface area contributed by atoms with Gasteiger partial charge in [0.1, 0.15) is 12.4 Å². The molecule has 0 aromatic heterocycles. The zero-order chi connectivity index (χ0) is 15.1. The molecular weight excluding hydrogens is 277 g/mol. The number of ether oxygens (including phenoxy) is 3. The van der Waals surface area contributed by atoms with Crippen molar-refractivity contribution in [3.05, 3.63) is 23.5 Å². The Balaban J connectivity index is 2.72. The summed E-state index contributed by atoms with van der Waals surface area (Å²) in [4.78, 5) is 11.8. The molecule has 0 spiro atoms. The molecule has 112 valence electrons. The third kappa shape index (κ3) is 4.41. The predicted molar refractivity (Wildman–Crippen MR) is 65.3 cm³/mol. The molecule has 0 aliphatic rings. The highest BCUT2D eigenvalue weighted by atomic mass is 19.3. The van der Waals surface area contributed by atoms with Gasteiger partial charge in [0.2, 0.25) is 0 Å². The summed E-state index contributed by atoms with van der Waals surface area (Å²) in [5.41, 5.74) is -0.191. The van der Waals surface area contributed by atoms with Gasteiger partial charge in [-0.1, -0.05) is 0 Å². The molecular formula is C13H15F3O4. The third-order valence-electron chi connectivity index (χ3n) is 2.49. The molecule has 0 heterocycles. The second kappa shape index (κ2) is 7.74. The Kier molecular flexibility index (Phi) is 6.30. The minimum absolute atomic E-state index is 0.163. The van der Waals surface area contributed by atoms with Crippen LogP contribution < -0.4 is 9.47 Å². The summed E-state index contributed by atoms with van der Waals surface area (Å²) in [6.45, 7) is -0.946. The van der Waals surface area contributed by atoms with E-state index < -0.39 is 24.6 Å². The number of hydrogen-bond donors (Lipinski definition) is 0. The van der Waals surface area contributed by atoms with E-state index in [0.717, 1.165) is 6.07 Å². The number of hydrogen-bond acceptors (Lipinski definition) is 4. The zero-order valence-corrected chi connectivity index (χ0v) is 11.1. The minimum Gasteiger partial charge on any atom is -0.493 e. The van der Waals surface area contributed by atoms with Crippen molar-refractivity contribution >= 4 is 5.78 Å². The number of rotatable bonds is 8. The zero-order valence-electron chi connectivity index (χ0n) is 11.1. The SMILES string of the molecule is COc1cc(F)c(C(=O)CCOCC(F)F)cc1OC. The number of Topliss-reactive ketones (excluding diaryl/α,β-unsaturated/α-hetero) is 1. The van der Waals surface area contributed by atoms with Crippen molar-refractivity contribution in [1.29, 1.82) is 0 Å². The van der Waals surface area contributed by atoms with E-state index in [1.54, 1.807) is 0 Å². The molecule has 0 saturated heterocycles.